The first-order valence-corrected chi connectivity index (χ1v) is 6.81. The Bertz CT molecular complexity index is 381. The fourth-order valence-electron chi connectivity index (χ4n) is 1.32. The van der Waals surface area contributed by atoms with Crippen LogP contribution in [-0.2, 0) is 23.1 Å². The Hall–Kier alpha value is -0.740. The molecule has 0 radical (unpaired) electrons. The highest BCUT2D eigenvalue weighted by Crippen LogP contribution is 2.14. The van der Waals surface area contributed by atoms with Crippen LogP contribution in [0.25, 0.3) is 0 Å². The summed E-state index contributed by atoms with van der Waals surface area (Å²) in [6.45, 7) is 4.23. The summed E-state index contributed by atoms with van der Waals surface area (Å²) < 4.78 is 25.3. The zero-order chi connectivity index (χ0) is 12.1. The van der Waals surface area contributed by atoms with Crippen molar-refractivity contribution >= 4 is 10.8 Å². The van der Waals surface area contributed by atoms with Gasteiger partial charge in [0.05, 0.1) is 5.75 Å². The van der Waals surface area contributed by atoms with Crippen LogP contribution in [0.15, 0.2) is 18.2 Å². The van der Waals surface area contributed by atoms with Gasteiger partial charge in [0.2, 0.25) is 0 Å². The van der Waals surface area contributed by atoms with Crippen LogP contribution in [0.4, 0.5) is 4.39 Å². The molecule has 0 aliphatic rings. The van der Waals surface area contributed by atoms with Gasteiger partial charge in [0, 0.05) is 28.2 Å². The van der Waals surface area contributed by atoms with Gasteiger partial charge in [-0.25, -0.2) is 4.39 Å². The van der Waals surface area contributed by atoms with Crippen LogP contribution in [0.1, 0.15) is 31.4 Å². The van der Waals surface area contributed by atoms with E-state index in [-0.39, 0.29) is 16.8 Å². The smallest absolute Gasteiger partial charge is 0.127 e. The summed E-state index contributed by atoms with van der Waals surface area (Å²) >= 11 is 0. The molecular formula is C12H18FNOS. The standard InChI is InChI=1S/C12H18FNOS/c1-3-9(2)16(15)8-11-5-4-10(7-14)6-12(11)13/h4-6,9H,3,7-8,14H2,1-2H3. The molecule has 1 aromatic rings. The largest absolute Gasteiger partial charge is 0.326 e. The molecule has 4 heteroatoms. The molecule has 16 heavy (non-hydrogen) atoms. The van der Waals surface area contributed by atoms with Gasteiger partial charge in [-0.05, 0) is 18.1 Å². The molecule has 90 valence electrons. The minimum absolute atomic E-state index is 0.105. The fraction of sp³-hybridized carbons (Fsp3) is 0.500. The van der Waals surface area contributed by atoms with Gasteiger partial charge >= 0.3 is 0 Å². The van der Waals surface area contributed by atoms with Crippen molar-refractivity contribution in [3.8, 4) is 0 Å². The lowest BCUT2D eigenvalue weighted by molar-refractivity contribution is 0.612. The maximum Gasteiger partial charge on any atom is 0.127 e. The molecule has 1 rings (SSSR count). The summed E-state index contributed by atoms with van der Waals surface area (Å²) in [6.07, 6.45) is 0.842. The molecule has 2 nitrogen and oxygen atoms in total. The van der Waals surface area contributed by atoms with E-state index in [1.54, 1.807) is 12.1 Å². The molecule has 0 amide bonds. The Morgan fingerprint density at radius 3 is 2.69 bits per heavy atom. The molecule has 0 spiro atoms. The van der Waals surface area contributed by atoms with E-state index in [2.05, 4.69) is 0 Å². The SMILES string of the molecule is CCC(C)S(=O)Cc1ccc(CN)cc1F. The van der Waals surface area contributed by atoms with E-state index in [1.165, 1.54) is 6.07 Å². The van der Waals surface area contributed by atoms with Crippen molar-refractivity contribution in [1.29, 1.82) is 0 Å². The van der Waals surface area contributed by atoms with E-state index in [0.29, 0.717) is 12.1 Å². The minimum atomic E-state index is -1.01. The summed E-state index contributed by atoms with van der Waals surface area (Å²) in [5, 5.41) is 0.105. The van der Waals surface area contributed by atoms with Gasteiger partial charge in [-0.1, -0.05) is 26.0 Å². The summed E-state index contributed by atoms with van der Waals surface area (Å²) in [4.78, 5) is 0. The zero-order valence-electron chi connectivity index (χ0n) is 9.70. The van der Waals surface area contributed by atoms with Crippen LogP contribution in [-0.4, -0.2) is 9.46 Å². The Morgan fingerprint density at radius 1 is 1.50 bits per heavy atom. The average molecular weight is 243 g/mol. The van der Waals surface area contributed by atoms with Crippen molar-refractivity contribution in [3.63, 3.8) is 0 Å². The third-order valence-corrected chi connectivity index (χ3v) is 4.50. The first-order valence-electron chi connectivity index (χ1n) is 5.43. The predicted octanol–water partition coefficient (Wildman–Crippen LogP) is 2.33. The van der Waals surface area contributed by atoms with Crippen molar-refractivity contribution in [3.05, 3.63) is 35.1 Å². The molecule has 0 heterocycles. The van der Waals surface area contributed by atoms with Gasteiger partial charge in [0.25, 0.3) is 0 Å². The van der Waals surface area contributed by atoms with Crippen LogP contribution >= 0.6 is 0 Å². The first-order chi connectivity index (χ1) is 7.58. The molecule has 0 aliphatic carbocycles. The second kappa shape index (κ2) is 6.11. The second-order valence-electron chi connectivity index (χ2n) is 3.87. The fourth-order valence-corrected chi connectivity index (χ4v) is 2.51. The van der Waals surface area contributed by atoms with Crippen molar-refractivity contribution in [2.24, 2.45) is 5.73 Å². The summed E-state index contributed by atoms with van der Waals surface area (Å²) in [5.41, 5.74) is 6.68. The van der Waals surface area contributed by atoms with Gasteiger partial charge in [-0.3, -0.25) is 4.21 Å². The highest BCUT2D eigenvalue weighted by molar-refractivity contribution is 7.84. The summed E-state index contributed by atoms with van der Waals surface area (Å²) in [5.74, 6) is -0.0225. The van der Waals surface area contributed by atoms with E-state index in [9.17, 15) is 8.60 Å². The lowest BCUT2D eigenvalue weighted by Crippen LogP contribution is -2.12. The molecule has 1 aromatic carbocycles. The van der Waals surface area contributed by atoms with E-state index in [4.69, 9.17) is 5.73 Å². The monoisotopic (exact) mass is 243 g/mol. The highest BCUT2D eigenvalue weighted by Gasteiger charge is 2.12. The Labute approximate surface area is 98.5 Å². The van der Waals surface area contributed by atoms with Crippen molar-refractivity contribution in [1.82, 2.24) is 0 Å². The number of hydrogen-bond donors (Lipinski definition) is 1. The van der Waals surface area contributed by atoms with E-state index in [1.807, 2.05) is 13.8 Å². The van der Waals surface area contributed by atoms with Crippen LogP contribution in [0.3, 0.4) is 0 Å². The molecular weight excluding hydrogens is 225 g/mol. The lowest BCUT2D eigenvalue weighted by Gasteiger charge is -2.09. The van der Waals surface area contributed by atoms with Crippen LogP contribution in [0.2, 0.25) is 0 Å². The van der Waals surface area contributed by atoms with Crippen molar-refractivity contribution < 1.29 is 8.60 Å². The van der Waals surface area contributed by atoms with Gasteiger partial charge in [-0.15, -0.1) is 0 Å². The molecule has 0 saturated heterocycles. The summed E-state index contributed by atoms with van der Waals surface area (Å²) in [6, 6.07) is 4.88. The number of halogens is 1. The van der Waals surface area contributed by atoms with Gasteiger partial charge in [0.1, 0.15) is 5.82 Å². The number of benzene rings is 1. The molecule has 2 N–H and O–H groups in total. The number of hydrogen-bond acceptors (Lipinski definition) is 2. The van der Waals surface area contributed by atoms with Crippen molar-refractivity contribution in [2.45, 2.75) is 37.8 Å². The lowest BCUT2D eigenvalue weighted by atomic mass is 10.1. The topological polar surface area (TPSA) is 43.1 Å². The molecule has 0 fully saturated rings. The molecule has 0 saturated carbocycles. The number of rotatable bonds is 5. The maximum absolute atomic E-state index is 13.6. The third-order valence-electron chi connectivity index (χ3n) is 2.67. The molecule has 2 unspecified atom stereocenters. The second-order valence-corrected chi connectivity index (χ2v) is 5.73. The highest BCUT2D eigenvalue weighted by atomic mass is 32.2. The Morgan fingerprint density at radius 2 is 2.19 bits per heavy atom. The van der Waals surface area contributed by atoms with Crippen LogP contribution < -0.4 is 5.73 Å². The normalized spacial score (nSPS) is 14.8. The predicted molar refractivity (Wildman–Crippen MR) is 65.9 cm³/mol. The van der Waals surface area contributed by atoms with Gasteiger partial charge in [-0.2, -0.15) is 0 Å². The molecule has 2 atom stereocenters. The van der Waals surface area contributed by atoms with E-state index >= 15 is 0 Å². The summed E-state index contributed by atoms with van der Waals surface area (Å²) in [7, 11) is -1.01. The Kier molecular flexibility index (Phi) is 5.09. The minimum Gasteiger partial charge on any atom is -0.326 e. The van der Waals surface area contributed by atoms with E-state index in [0.717, 1.165) is 12.0 Å². The number of nitrogens with two attached hydrogens (primary N) is 1. The van der Waals surface area contributed by atoms with Gasteiger partial charge in [0.15, 0.2) is 0 Å². The zero-order valence-corrected chi connectivity index (χ0v) is 10.5. The molecule has 0 aromatic heterocycles. The maximum atomic E-state index is 13.6. The molecule has 0 aliphatic heterocycles. The quantitative estimate of drug-likeness (QED) is 0.862. The van der Waals surface area contributed by atoms with Crippen LogP contribution in [0.5, 0.6) is 0 Å². The van der Waals surface area contributed by atoms with Crippen LogP contribution in [0, 0.1) is 5.82 Å². The average Bonchev–Trinajstić information content (AvgIpc) is 2.30. The first kappa shape index (κ1) is 13.3. The third kappa shape index (κ3) is 3.39. The molecule has 0 bridgehead atoms. The van der Waals surface area contributed by atoms with Crippen molar-refractivity contribution in [2.75, 3.05) is 0 Å². The van der Waals surface area contributed by atoms with E-state index < -0.39 is 10.8 Å². The van der Waals surface area contributed by atoms with Gasteiger partial charge < -0.3 is 5.73 Å². The Balaban J connectivity index is 2.78.